The molecule has 0 aliphatic carbocycles. The fraction of sp³-hybridized carbons (Fsp3) is 0.167. The Kier molecular flexibility index (Phi) is 4.46. The van der Waals surface area contributed by atoms with Crippen LogP contribution >= 0.6 is 23.4 Å². The molecule has 1 amide bonds. The second-order valence-electron chi connectivity index (χ2n) is 5.63. The molecule has 1 aromatic heterocycles. The van der Waals surface area contributed by atoms with Gasteiger partial charge in [-0.25, -0.2) is 0 Å². The van der Waals surface area contributed by atoms with Crippen molar-refractivity contribution >= 4 is 29.3 Å². The second-order valence-corrected chi connectivity index (χ2v) is 7.26. The van der Waals surface area contributed by atoms with Gasteiger partial charge in [0, 0.05) is 17.3 Å². The number of nitrogens with zero attached hydrogens (tertiary/aromatic N) is 4. The number of thioether (sulfide) groups is 1. The van der Waals surface area contributed by atoms with Crippen LogP contribution in [0.15, 0.2) is 60.8 Å². The molecular weight excluding hydrogens is 356 g/mol. The van der Waals surface area contributed by atoms with E-state index in [1.54, 1.807) is 11.8 Å². The number of carbonyl (C=O) groups is 1. The lowest BCUT2D eigenvalue weighted by Crippen LogP contribution is -2.30. The van der Waals surface area contributed by atoms with E-state index in [9.17, 15) is 4.79 Å². The first kappa shape index (κ1) is 16.2. The van der Waals surface area contributed by atoms with E-state index < -0.39 is 0 Å². The first-order chi connectivity index (χ1) is 12.2. The molecule has 0 N–H and O–H groups in total. The number of para-hydroxylation sites is 1. The summed E-state index contributed by atoms with van der Waals surface area (Å²) in [6.45, 7) is 0.679. The van der Waals surface area contributed by atoms with Gasteiger partial charge in [0.05, 0.1) is 11.9 Å². The van der Waals surface area contributed by atoms with Crippen LogP contribution in [0.3, 0.4) is 0 Å². The van der Waals surface area contributed by atoms with E-state index in [4.69, 9.17) is 11.6 Å². The zero-order valence-corrected chi connectivity index (χ0v) is 14.8. The molecule has 126 valence electrons. The molecule has 0 spiro atoms. The summed E-state index contributed by atoms with van der Waals surface area (Å²) in [5.74, 6) is 0.771. The van der Waals surface area contributed by atoms with Gasteiger partial charge in [-0.05, 0) is 29.8 Å². The van der Waals surface area contributed by atoms with Crippen LogP contribution in [0.2, 0.25) is 5.02 Å². The predicted octanol–water partition coefficient (Wildman–Crippen LogP) is 3.81. The SMILES string of the molecule is O=C(c1cnn(-c2ccccc2)n1)N1CCSC1c1cccc(Cl)c1. The fourth-order valence-corrected chi connectivity index (χ4v) is 4.25. The minimum atomic E-state index is -0.114. The molecule has 3 aromatic rings. The van der Waals surface area contributed by atoms with Gasteiger partial charge in [0.1, 0.15) is 5.37 Å². The number of hydrogen-bond acceptors (Lipinski definition) is 4. The number of hydrogen-bond donors (Lipinski definition) is 0. The summed E-state index contributed by atoms with van der Waals surface area (Å²) >= 11 is 7.83. The molecule has 7 heteroatoms. The van der Waals surface area contributed by atoms with Crippen molar-refractivity contribution in [2.24, 2.45) is 0 Å². The van der Waals surface area contributed by atoms with Gasteiger partial charge in [-0.15, -0.1) is 16.9 Å². The number of aromatic nitrogens is 3. The van der Waals surface area contributed by atoms with Crippen LogP contribution in [0.1, 0.15) is 21.4 Å². The number of halogens is 1. The molecule has 0 radical (unpaired) electrons. The minimum absolute atomic E-state index is 0.0481. The smallest absolute Gasteiger partial charge is 0.277 e. The summed E-state index contributed by atoms with van der Waals surface area (Å²) in [6, 6.07) is 17.2. The first-order valence-corrected chi connectivity index (χ1v) is 9.31. The summed E-state index contributed by atoms with van der Waals surface area (Å²) in [5.41, 5.74) is 2.20. The van der Waals surface area contributed by atoms with Gasteiger partial charge in [-0.2, -0.15) is 9.90 Å². The average Bonchev–Trinajstić information content (AvgIpc) is 3.32. The van der Waals surface area contributed by atoms with Crippen LogP contribution in [-0.2, 0) is 0 Å². The van der Waals surface area contributed by atoms with Gasteiger partial charge >= 0.3 is 0 Å². The maximum absolute atomic E-state index is 12.9. The van der Waals surface area contributed by atoms with Crippen molar-refractivity contribution in [3.05, 3.63) is 77.1 Å². The summed E-state index contributed by atoms with van der Waals surface area (Å²) < 4.78 is 0. The van der Waals surface area contributed by atoms with Gasteiger partial charge in [-0.1, -0.05) is 41.9 Å². The van der Waals surface area contributed by atoms with Crippen LogP contribution in [0.25, 0.3) is 5.69 Å². The Morgan fingerprint density at radius 3 is 2.80 bits per heavy atom. The van der Waals surface area contributed by atoms with Gasteiger partial charge in [0.2, 0.25) is 0 Å². The van der Waals surface area contributed by atoms with E-state index in [1.807, 2.05) is 59.5 Å². The van der Waals surface area contributed by atoms with E-state index in [-0.39, 0.29) is 11.3 Å². The molecule has 5 nitrogen and oxygen atoms in total. The first-order valence-electron chi connectivity index (χ1n) is 7.88. The Hall–Kier alpha value is -2.31. The van der Waals surface area contributed by atoms with Crippen LogP contribution < -0.4 is 0 Å². The van der Waals surface area contributed by atoms with E-state index in [0.717, 1.165) is 17.0 Å². The maximum atomic E-state index is 12.9. The van der Waals surface area contributed by atoms with Crippen LogP contribution in [0.4, 0.5) is 0 Å². The highest BCUT2D eigenvalue weighted by molar-refractivity contribution is 7.99. The van der Waals surface area contributed by atoms with Gasteiger partial charge < -0.3 is 4.90 Å². The number of rotatable bonds is 3. The summed E-state index contributed by atoms with van der Waals surface area (Å²) in [5, 5.41) is 9.20. The Morgan fingerprint density at radius 2 is 2.00 bits per heavy atom. The molecule has 1 saturated heterocycles. The fourth-order valence-electron chi connectivity index (χ4n) is 2.81. The van der Waals surface area contributed by atoms with Crippen molar-refractivity contribution in [3.63, 3.8) is 0 Å². The Morgan fingerprint density at radius 1 is 1.16 bits per heavy atom. The normalized spacial score (nSPS) is 17.0. The molecule has 4 rings (SSSR count). The molecule has 2 heterocycles. The van der Waals surface area contributed by atoms with Crippen molar-refractivity contribution in [1.29, 1.82) is 0 Å². The molecule has 0 saturated carbocycles. The second kappa shape index (κ2) is 6.90. The molecule has 1 atom stereocenters. The number of amides is 1. The van der Waals surface area contributed by atoms with Crippen molar-refractivity contribution in [3.8, 4) is 5.69 Å². The van der Waals surface area contributed by atoms with E-state index in [2.05, 4.69) is 10.2 Å². The van der Waals surface area contributed by atoms with Crippen molar-refractivity contribution < 1.29 is 4.79 Å². The predicted molar refractivity (Wildman–Crippen MR) is 99.0 cm³/mol. The van der Waals surface area contributed by atoms with Crippen molar-refractivity contribution in [2.75, 3.05) is 12.3 Å². The average molecular weight is 371 g/mol. The zero-order chi connectivity index (χ0) is 17.2. The standard InChI is InChI=1S/C18H15ClN4OS/c19-14-6-4-5-13(11-14)18-22(9-10-25-18)17(24)16-12-20-23(21-16)15-7-2-1-3-8-15/h1-8,11-12,18H,9-10H2. The Bertz CT molecular complexity index is 899. The largest absolute Gasteiger partial charge is 0.320 e. The monoisotopic (exact) mass is 370 g/mol. The van der Waals surface area contributed by atoms with Crippen LogP contribution in [-0.4, -0.2) is 38.1 Å². The van der Waals surface area contributed by atoms with Gasteiger partial charge in [0.15, 0.2) is 5.69 Å². The molecule has 2 aromatic carbocycles. The molecule has 1 aliphatic heterocycles. The highest BCUT2D eigenvalue weighted by Gasteiger charge is 2.32. The molecule has 1 fully saturated rings. The summed E-state index contributed by atoms with van der Waals surface area (Å²) in [4.78, 5) is 16.2. The minimum Gasteiger partial charge on any atom is -0.320 e. The quantitative estimate of drug-likeness (QED) is 0.703. The van der Waals surface area contributed by atoms with Gasteiger partial charge in [-0.3, -0.25) is 4.79 Å². The van der Waals surface area contributed by atoms with Gasteiger partial charge in [0.25, 0.3) is 5.91 Å². The topological polar surface area (TPSA) is 51.0 Å². The Labute approximate surface area is 154 Å². The van der Waals surface area contributed by atoms with E-state index in [1.165, 1.54) is 11.0 Å². The number of carbonyl (C=O) groups excluding carboxylic acids is 1. The lowest BCUT2D eigenvalue weighted by Gasteiger charge is -2.23. The Balaban J connectivity index is 1.59. The molecular formula is C18H15ClN4OS. The molecule has 1 aliphatic rings. The molecule has 0 bridgehead atoms. The third-order valence-corrected chi connectivity index (χ3v) is 5.48. The third kappa shape index (κ3) is 3.27. The zero-order valence-electron chi connectivity index (χ0n) is 13.2. The lowest BCUT2D eigenvalue weighted by molar-refractivity contribution is 0.0754. The summed E-state index contributed by atoms with van der Waals surface area (Å²) in [6.07, 6.45) is 1.52. The molecule has 25 heavy (non-hydrogen) atoms. The lowest BCUT2D eigenvalue weighted by atomic mass is 10.2. The number of benzene rings is 2. The third-order valence-electron chi connectivity index (χ3n) is 3.98. The maximum Gasteiger partial charge on any atom is 0.277 e. The van der Waals surface area contributed by atoms with Crippen molar-refractivity contribution in [2.45, 2.75) is 5.37 Å². The highest BCUT2D eigenvalue weighted by atomic mass is 35.5. The highest BCUT2D eigenvalue weighted by Crippen LogP contribution is 2.39. The summed E-state index contributed by atoms with van der Waals surface area (Å²) in [7, 11) is 0. The van der Waals surface area contributed by atoms with Crippen LogP contribution in [0, 0.1) is 0 Å². The van der Waals surface area contributed by atoms with E-state index in [0.29, 0.717) is 17.3 Å². The van der Waals surface area contributed by atoms with E-state index >= 15 is 0 Å². The van der Waals surface area contributed by atoms with Crippen molar-refractivity contribution in [1.82, 2.24) is 19.9 Å². The van der Waals surface area contributed by atoms with Crippen LogP contribution in [0.5, 0.6) is 0 Å². The molecule has 1 unspecified atom stereocenters.